The minimum atomic E-state index is -0.465. The highest BCUT2D eigenvalue weighted by Crippen LogP contribution is 2.35. The maximum atomic E-state index is 10.0. The van der Waals surface area contributed by atoms with E-state index in [9.17, 15) is 5.11 Å². The molecule has 0 heterocycles. The number of aliphatic hydroxyl groups is 1. The van der Waals surface area contributed by atoms with Crippen LogP contribution in [0.1, 0.15) is 39.5 Å². The van der Waals surface area contributed by atoms with Gasteiger partial charge in [0.15, 0.2) is 0 Å². The van der Waals surface area contributed by atoms with Crippen LogP contribution in [0.15, 0.2) is 30.3 Å². The third kappa shape index (κ3) is 4.50. The third-order valence-corrected chi connectivity index (χ3v) is 4.29. The normalized spacial score (nSPS) is 23.2. The van der Waals surface area contributed by atoms with Crippen LogP contribution in [-0.4, -0.2) is 30.4 Å². The van der Waals surface area contributed by atoms with Gasteiger partial charge in [0.1, 0.15) is 18.5 Å². The molecule has 1 fully saturated rings. The first-order valence-electron chi connectivity index (χ1n) is 7.67. The summed E-state index contributed by atoms with van der Waals surface area (Å²) in [4.78, 5) is 0. The van der Waals surface area contributed by atoms with Crippen LogP contribution in [0.3, 0.4) is 0 Å². The minimum absolute atomic E-state index is 0.332. The molecule has 1 aliphatic carbocycles. The van der Waals surface area contributed by atoms with Crippen molar-refractivity contribution in [3.63, 3.8) is 0 Å². The summed E-state index contributed by atoms with van der Waals surface area (Å²) in [5.74, 6) is 0.810. The van der Waals surface area contributed by atoms with E-state index in [-0.39, 0.29) is 0 Å². The van der Waals surface area contributed by atoms with Crippen molar-refractivity contribution in [2.75, 3.05) is 13.2 Å². The summed E-state index contributed by atoms with van der Waals surface area (Å²) >= 11 is 0. The highest BCUT2D eigenvalue weighted by Gasteiger charge is 2.31. The number of rotatable bonds is 6. The molecule has 112 valence electrons. The van der Waals surface area contributed by atoms with E-state index in [0.717, 1.165) is 5.75 Å². The van der Waals surface area contributed by atoms with Crippen molar-refractivity contribution in [1.82, 2.24) is 5.32 Å². The quantitative estimate of drug-likeness (QED) is 0.840. The van der Waals surface area contributed by atoms with Gasteiger partial charge in [-0.05, 0) is 30.4 Å². The second-order valence-corrected chi connectivity index (χ2v) is 6.47. The first-order chi connectivity index (χ1) is 9.58. The maximum absolute atomic E-state index is 10.0. The van der Waals surface area contributed by atoms with E-state index in [1.165, 1.54) is 25.7 Å². The predicted octanol–water partition coefficient (Wildman–Crippen LogP) is 2.98. The Labute approximate surface area is 122 Å². The van der Waals surface area contributed by atoms with E-state index in [1.807, 2.05) is 30.3 Å². The average molecular weight is 277 g/mol. The van der Waals surface area contributed by atoms with Gasteiger partial charge in [-0.1, -0.05) is 44.9 Å². The smallest absolute Gasteiger partial charge is 0.119 e. The van der Waals surface area contributed by atoms with Gasteiger partial charge in [-0.25, -0.2) is 0 Å². The molecule has 3 heteroatoms. The topological polar surface area (TPSA) is 41.5 Å². The van der Waals surface area contributed by atoms with Gasteiger partial charge in [0.2, 0.25) is 0 Å². The molecule has 2 unspecified atom stereocenters. The second kappa shape index (κ2) is 7.09. The summed E-state index contributed by atoms with van der Waals surface area (Å²) in [7, 11) is 0. The van der Waals surface area contributed by atoms with E-state index in [1.54, 1.807) is 0 Å². The Bertz CT molecular complexity index is 391. The van der Waals surface area contributed by atoms with Crippen LogP contribution in [0, 0.1) is 5.41 Å². The number of nitrogens with one attached hydrogen (secondary N) is 1. The Kier molecular flexibility index (Phi) is 5.44. The number of hydrogen-bond acceptors (Lipinski definition) is 3. The lowest BCUT2D eigenvalue weighted by Crippen LogP contribution is -2.47. The lowest BCUT2D eigenvalue weighted by atomic mass is 9.73. The Morgan fingerprint density at radius 1 is 1.30 bits per heavy atom. The lowest BCUT2D eigenvalue weighted by molar-refractivity contribution is 0.0879. The fourth-order valence-corrected chi connectivity index (χ4v) is 2.92. The molecule has 2 N–H and O–H groups in total. The summed E-state index contributed by atoms with van der Waals surface area (Å²) in [5, 5.41) is 13.5. The van der Waals surface area contributed by atoms with E-state index in [0.29, 0.717) is 24.6 Å². The van der Waals surface area contributed by atoms with Crippen LogP contribution < -0.4 is 10.1 Å². The molecule has 1 aromatic rings. The third-order valence-electron chi connectivity index (χ3n) is 4.29. The van der Waals surface area contributed by atoms with E-state index in [2.05, 4.69) is 19.2 Å². The highest BCUT2D eigenvalue weighted by molar-refractivity contribution is 5.20. The molecule has 0 saturated heterocycles. The fraction of sp³-hybridized carbons (Fsp3) is 0.647. The van der Waals surface area contributed by atoms with Crippen LogP contribution in [0.4, 0.5) is 0 Å². The summed E-state index contributed by atoms with van der Waals surface area (Å²) in [5.41, 5.74) is 0.332. The SMILES string of the molecule is CC1(C)CCCCC1NCC(O)COc1ccccc1. The van der Waals surface area contributed by atoms with Crippen LogP contribution in [-0.2, 0) is 0 Å². The van der Waals surface area contributed by atoms with Crippen molar-refractivity contribution < 1.29 is 9.84 Å². The number of aliphatic hydroxyl groups excluding tert-OH is 1. The fourth-order valence-electron chi connectivity index (χ4n) is 2.92. The average Bonchev–Trinajstić information content (AvgIpc) is 2.44. The summed E-state index contributed by atoms with van der Waals surface area (Å²) in [6.45, 7) is 5.57. The van der Waals surface area contributed by atoms with Crippen molar-refractivity contribution in [2.45, 2.75) is 51.7 Å². The molecule has 20 heavy (non-hydrogen) atoms. The molecular weight excluding hydrogens is 250 g/mol. The summed E-state index contributed by atoms with van der Waals surface area (Å²) in [6.07, 6.45) is 4.62. The standard InChI is InChI=1S/C17H27NO2/c1-17(2)11-7-6-10-16(17)18-12-14(19)13-20-15-8-4-3-5-9-15/h3-5,8-9,14,16,18-19H,6-7,10-13H2,1-2H3. The number of hydrogen-bond donors (Lipinski definition) is 2. The molecule has 1 saturated carbocycles. The second-order valence-electron chi connectivity index (χ2n) is 6.47. The zero-order valence-corrected chi connectivity index (χ0v) is 12.6. The first kappa shape index (κ1) is 15.3. The van der Waals surface area contributed by atoms with Crippen LogP contribution in [0.25, 0.3) is 0 Å². The molecular formula is C17H27NO2. The Morgan fingerprint density at radius 2 is 2.05 bits per heavy atom. The van der Waals surface area contributed by atoms with Gasteiger partial charge in [0, 0.05) is 12.6 Å². The van der Waals surface area contributed by atoms with E-state index in [4.69, 9.17) is 4.74 Å². The van der Waals surface area contributed by atoms with Gasteiger partial charge in [-0.2, -0.15) is 0 Å². The number of benzene rings is 1. The maximum Gasteiger partial charge on any atom is 0.119 e. The van der Waals surface area contributed by atoms with Gasteiger partial charge < -0.3 is 15.2 Å². The molecule has 0 aliphatic heterocycles. The summed E-state index contributed by atoms with van der Waals surface area (Å²) in [6, 6.07) is 10.1. The Morgan fingerprint density at radius 3 is 2.75 bits per heavy atom. The lowest BCUT2D eigenvalue weighted by Gasteiger charge is -2.39. The number of ether oxygens (including phenoxy) is 1. The van der Waals surface area contributed by atoms with Crippen LogP contribution in [0.5, 0.6) is 5.75 Å². The molecule has 2 atom stereocenters. The molecule has 0 aromatic heterocycles. The van der Waals surface area contributed by atoms with Gasteiger partial charge in [0.05, 0.1) is 0 Å². The van der Waals surface area contributed by atoms with Crippen molar-refractivity contribution in [2.24, 2.45) is 5.41 Å². The van der Waals surface area contributed by atoms with Crippen molar-refractivity contribution in [3.05, 3.63) is 30.3 Å². The molecule has 0 amide bonds. The highest BCUT2D eigenvalue weighted by atomic mass is 16.5. The van der Waals surface area contributed by atoms with Gasteiger partial charge in [-0.3, -0.25) is 0 Å². The zero-order valence-electron chi connectivity index (χ0n) is 12.6. The predicted molar refractivity (Wildman–Crippen MR) is 82.0 cm³/mol. The van der Waals surface area contributed by atoms with Crippen LogP contribution in [0.2, 0.25) is 0 Å². The molecule has 2 rings (SSSR count). The Balaban J connectivity index is 1.71. The largest absolute Gasteiger partial charge is 0.491 e. The van der Waals surface area contributed by atoms with E-state index < -0.39 is 6.10 Å². The van der Waals surface area contributed by atoms with Gasteiger partial charge in [-0.15, -0.1) is 0 Å². The van der Waals surface area contributed by atoms with Gasteiger partial charge in [0.25, 0.3) is 0 Å². The summed E-state index contributed by atoms with van der Waals surface area (Å²) < 4.78 is 5.57. The molecule has 0 spiro atoms. The van der Waals surface area contributed by atoms with Crippen molar-refractivity contribution >= 4 is 0 Å². The van der Waals surface area contributed by atoms with Crippen molar-refractivity contribution in [1.29, 1.82) is 0 Å². The van der Waals surface area contributed by atoms with Gasteiger partial charge >= 0.3 is 0 Å². The zero-order chi connectivity index (χ0) is 14.4. The molecule has 1 aromatic carbocycles. The minimum Gasteiger partial charge on any atom is -0.491 e. The molecule has 1 aliphatic rings. The Hall–Kier alpha value is -1.06. The van der Waals surface area contributed by atoms with Crippen molar-refractivity contribution in [3.8, 4) is 5.75 Å². The molecule has 0 bridgehead atoms. The molecule has 0 radical (unpaired) electrons. The number of para-hydroxylation sites is 1. The van der Waals surface area contributed by atoms with Crippen LogP contribution >= 0.6 is 0 Å². The van der Waals surface area contributed by atoms with E-state index >= 15 is 0 Å². The molecule has 3 nitrogen and oxygen atoms in total. The first-order valence-corrected chi connectivity index (χ1v) is 7.67. The monoisotopic (exact) mass is 277 g/mol.